The number of fused-ring (bicyclic) bond motifs is 1. The van der Waals surface area contributed by atoms with Crippen LogP contribution in [0.4, 0.5) is 5.69 Å². The molecule has 5 nitrogen and oxygen atoms in total. The van der Waals surface area contributed by atoms with Crippen LogP contribution in [-0.2, 0) is 4.79 Å². The Morgan fingerprint density at radius 3 is 2.97 bits per heavy atom. The summed E-state index contributed by atoms with van der Waals surface area (Å²) in [6.45, 7) is 4.83. The van der Waals surface area contributed by atoms with E-state index in [0.717, 1.165) is 23.5 Å². The molecule has 2 aliphatic rings. The number of carbonyl (C=O) groups excluding carboxylic acids is 2. The molecular formula is C24H26ClN3O2S. The fourth-order valence-corrected chi connectivity index (χ4v) is 5.08. The Morgan fingerprint density at radius 2 is 2.16 bits per heavy atom. The number of anilines is 1. The van der Waals surface area contributed by atoms with Gasteiger partial charge < -0.3 is 10.6 Å². The number of halogens is 1. The summed E-state index contributed by atoms with van der Waals surface area (Å²) in [6.07, 6.45) is 5.56. The number of thioether (sulfide) groups is 1. The SMILES string of the molecule is C[C@H]1CCCCN1CCNC(=O)c1ccc2c(c1)NC(=O)/C(=C\c1cccc(Cl)c1)S2. The number of piperidine rings is 1. The van der Waals surface area contributed by atoms with Crippen molar-refractivity contribution in [2.75, 3.05) is 25.0 Å². The van der Waals surface area contributed by atoms with E-state index in [4.69, 9.17) is 11.6 Å². The number of nitrogens with one attached hydrogen (secondary N) is 2. The highest BCUT2D eigenvalue weighted by Gasteiger charge is 2.23. The molecule has 31 heavy (non-hydrogen) atoms. The second kappa shape index (κ2) is 9.90. The van der Waals surface area contributed by atoms with Gasteiger partial charge in [0.25, 0.3) is 11.8 Å². The molecule has 0 saturated carbocycles. The van der Waals surface area contributed by atoms with Crippen LogP contribution in [0, 0.1) is 0 Å². The minimum Gasteiger partial charge on any atom is -0.351 e. The van der Waals surface area contributed by atoms with Crippen LogP contribution in [0.5, 0.6) is 0 Å². The lowest BCUT2D eigenvalue weighted by atomic mass is 10.0. The number of benzene rings is 2. The molecule has 1 fully saturated rings. The highest BCUT2D eigenvalue weighted by molar-refractivity contribution is 8.04. The van der Waals surface area contributed by atoms with Gasteiger partial charge in [-0.1, -0.05) is 41.9 Å². The summed E-state index contributed by atoms with van der Waals surface area (Å²) in [5.74, 6) is -0.305. The Bertz CT molecular complexity index is 1020. The first-order valence-electron chi connectivity index (χ1n) is 10.6. The summed E-state index contributed by atoms with van der Waals surface area (Å²) in [4.78, 5) is 29.1. The smallest absolute Gasteiger partial charge is 0.262 e. The van der Waals surface area contributed by atoms with Gasteiger partial charge in [0.2, 0.25) is 0 Å². The highest BCUT2D eigenvalue weighted by atomic mass is 35.5. The Labute approximate surface area is 192 Å². The van der Waals surface area contributed by atoms with E-state index < -0.39 is 0 Å². The predicted octanol–water partition coefficient (Wildman–Crippen LogP) is 5.03. The van der Waals surface area contributed by atoms with Crippen molar-refractivity contribution in [3.05, 3.63) is 63.5 Å². The van der Waals surface area contributed by atoms with E-state index in [1.807, 2.05) is 30.3 Å². The zero-order valence-corrected chi connectivity index (χ0v) is 19.1. The van der Waals surface area contributed by atoms with Crippen molar-refractivity contribution < 1.29 is 9.59 Å². The third-order valence-corrected chi connectivity index (χ3v) is 7.04. The second-order valence-electron chi connectivity index (χ2n) is 7.97. The van der Waals surface area contributed by atoms with Crippen molar-refractivity contribution in [1.29, 1.82) is 0 Å². The minimum absolute atomic E-state index is 0.119. The van der Waals surface area contributed by atoms with Gasteiger partial charge in [-0.3, -0.25) is 14.5 Å². The molecule has 0 bridgehead atoms. The minimum atomic E-state index is -0.186. The summed E-state index contributed by atoms with van der Waals surface area (Å²) < 4.78 is 0. The molecular weight excluding hydrogens is 430 g/mol. The maximum Gasteiger partial charge on any atom is 0.262 e. The predicted molar refractivity (Wildman–Crippen MR) is 128 cm³/mol. The van der Waals surface area contributed by atoms with Gasteiger partial charge >= 0.3 is 0 Å². The molecule has 0 aromatic heterocycles. The van der Waals surface area contributed by atoms with E-state index >= 15 is 0 Å². The average Bonchev–Trinajstić information content (AvgIpc) is 2.75. The number of hydrogen-bond donors (Lipinski definition) is 2. The monoisotopic (exact) mass is 455 g/mol. The Balaban J connectivity index is 1.39. The number of hydrogen-bond acceptors (Lipinski definition) is 4. The molecule has 7 heteroatoms. The highest BCUT2D eigenvalue weighted by Crippen LogP contribution is 2.39. The number of nitrogens with zero attached hydrogens (tertiary/aromatic N) is 1. The zero-order valence-electron chi connectivity index (χ0n) is 17.5. The lowest BCUT2D eigenvalue weighted by molar-refractivity contribution is -0.112. The van der Waals surface area contributed by atoms with Gasteiger partial charge in [0.1, 0.15) is 0 Å². The number of rotatable bonds is 5. The summed E-state index contributed by atoms with van der Waals surface area (Å²) in [7, 11) is 0. The third kappa shape index (κ3) is 5.50. The standard InChI is InChI=1S/C24H26ClN3O2S/c1-16-5-2-3-11-28(16)12-10-26-23(29)18-8-9-21-20(15-18)27-24(30)22(31-21)14-17-6-4-7-19(25)13-17/h4,6-9,13-16H,2-3,5,10-12H2,1H3,(H,26,29)(H,27,30)/b22-14+/t16-/m0/s1. The molecule has 162 valence electrons. The van der Waals surface area contributed by atoms with Crippen LogP contribution in [0.1, 0.15) is 42.1 Å². The quantitative estimate of drug-likeness (QED) is 0.621. The average molecular weight is 456 g/mol. The number of amides is 2. The van der Waals surface area contributed by atoms with E-state index in [-0.39, 0.29) is 11.8 Å². The summed E-state index contributed by atoms with van der Waals surface area (Å²) in [5.41, 5.74) is 2.08. The van der Waals surface area contributed by atoms with Crippen LogP contribution in [-0.4, -0.2) is 42.4 Å². The molecule has 2 N–H and O–H groups in total. The maximum absolute atomic E-state index is 12.6. The van der Waals surface area contributed by atoms with Crippen LogP contribution < -0.4 is 10.6 Å². The van der Waals surface area contributed by atoms with Crippen LogP contribution in [0.25, 0.3) is 6.08 Å². The fraction of sp³-hybridized carbons (Fsp3) is 0.333. The van der Waals surface area contributed by atoms with Gasteiger partial charge in [0.05, 0.1) is 10.6 Å². The van der Waals surface area contributed by atoms with Crippen molar-refractivity contribution in [2.45, 2.75) is 37.1 Å². The summed E-state index contributed by atoms with van der Waals surface area (Å²) in [5, 5.41) is 6.54. The third-order valence-electron chi connectivity index (χ3n) is 5.71. The Morgan fingerprint density at radius 1 is 1.29 bits per heavy atom. The van der Waals surface area contributed by atoms with Crippen molar-refractivity contribution in [3.8, 4) is 0 Å². The van der Waals surface area contributed by atoms with Crippen molar-refractivity contribution >= 4 is 46.9 Å². The normalized spacial score (nSPS) is 20.3. The molecule has 0 radical (unpaired) electrons. The van der Waals surface area contributed by atoms with E-state index in [1.165, 1.54) is 31.0 Å². The van der Waals surface area contributed by atoms with Gasteiger partial charge in [-0.05, 0) is 68.3 Å². The van der Waals surface area contributed by atoms with Crippen LogP contribution in [0.3, 0.4) is 0 Å². The zero-order chi connectivity index (χ0) is 21.8. The molecule has 2 heterocycles. The molecule has 1 saturated heterocycles. The van der Waals surface area contributed by atoms with Crippen LogP contribution >= 0.6 is 23.4 Å². The lowest BCUT2D eigenvalue weighted by Crippen LogP contribution is -2.42. The summed E-state index contributed by atoms with van der Waals surface area (Å²) >= 11 is 7.43. The van der Waals surface area contributed by atoms with Gasteiger partial charge in [-0.2, -0.15) is 0 Å². The van der Waals surface area contributed by atoms with Gasteiger partial charge in [-0.25, -0.2) is 0 Å². The molecule has 2 aromatic rings. The first kappa shape index (κ1) is 21.9. The maximum atomic E-state index is 12.6. The molecule has 0 spiro atoms. The van der Waals surface area contributed by atoms with Crippen molar-refractivity contribution in [2.24, 2.45) is 0 Å². The van der Waals surface area contributed by atoms with Gasteiger partial charge in [0.15, 0.2) is 0 Å². The topological polar surface area (TPSA) is 61.4 Å². The molecule has 0 unspecified atom stereocenters. The molecule has 0 aliphatic carbocycles. The van der Waals surface area contributed by atoms with Crippen molar-refractivity contribution in [1.82, 2.24) is 10.2 Å². The molecule has 2 amide bonds. The Kier molecular flexibility index (Phi) is 7.00. The summed E-state index contributed by atoms with van der Waals surface area (Å²) in [6, 6.07) is 13.4. The van der Waals surface area contributed by atoms with E-state index in [9.17, 15) is 9.59 Å². The van der Waals surface area contributed by atoms with Gasteiger partial charge in [0, 0.05) is 34.6 Å². The van der Waals surface area contributed by atoms with E-state index in [0.29, 0.717) is 33.8 Å². The van der Waals surface area contributed by atoms with E-state index in [2.05, 4.69) is 22.5 Å². The molecule has 4 rings (SSSR count). The molecule has 2 aromatic carbocycles. The lowest BCUT2D eigenvalue weighted by Gasteiger charge is -2.33. The van der Waals surface area contributed by atoms with Gasteiger partial charge in [-0.15, -0.1) is 0 Å². The number of carbonyl (C=O) groups is 2. The first-order valence-corrected chi connectivity index (χ1v) is 11.8. The molecule has 2 aliphatic heterocycles. The largest absolute Gasteiger partial charge is 0.351 e. The first-order chi connectivity index (χ1) is 15.0. The fourth-order valence-electron chi connectivity index (χ4n) is 3.95. The van der Waals surface area contributed by atoms with Crippen LogP contribution in [0.15, 0.2) is 52.3 Å². The van der Waals surface area contributed by atoms with E-state index in [1.54, 1.807) is 18.2 Å². The Hall–Kier alpha value is -2.28. The number of likely N-dealkylation sites (tertiary alicyclic amines) is 1. The van der Waals surface area contributed by atoms with Crippen LogP contribution in [0.2, 0.25) is 5.02 Å². The van der Waals surface area contributed by atoms with Crippen molar-refractivity contribution in [3.63, 3.8) is 0 Å². The molecule has 1 atom stereocenters. The second-order valence-corrected chi connectivity index (χ2v) is 9.49.